The van der Waals surface area contributed by atoms with Crippen molar-refractivity contribution in [1.82, 2.24) is 20.5 Å². The molecule has 2 aromatic heterocycles. The van der Waals surface area contributed by atoms with Crippen LogP contribution in [0, 0.1) is 0 Å². The summed E-state index contributed by atoms with van der Waals surface area (Å²) in [6.07, 6.45) is 2.47. The third kappa shape index (κ3) is 6.84. The molecule has 120 valence electrons. The Morgan fingerprint density at radius 3 is 2.50 bits per heavy atom. The first kappa shape index (κ1) is 18.3. The number of aromatic nitrogens is 3. The maximum absolute atomic E-state index is 10.7. The predicted molar refractivity (Wildman–Crippen MR) is 85.5 cm³/mol. The Balaban J connectivity index is 0.000000422. The van der Waals surface area contributed by atoms with Crippen molar-refractivity contribution in [3.8, 4) is 5.88 Å². The van der Waals surface area contributed by atoms with Crippen molar-refractivity contribution in [3.05, 3.63) is 34.8 Å². The van der Waals surface area contributed by atoms with Gasteiger partial charge >= 0.3 is 0 Å². The van der Waals surface area contributed by atoms with E-state index in [1.807, 2.05) is 6.92 Å². The molecule has 2 N–H and O–H groups in total. The molecule has 0 fully saturated rings. The third-order valence-corrected chi connectivity index (χ3v) is 2.59. The summed E-state index contributed by atoms with van der Waals surface area (Å²) in [6, 6.07) is 5.10. The van der Waals surface area contributed by atoms with Crippen LogP contribution in [0.25, 0.3) is 0 Å². The molecular formula is C13H16Cl2FN5O. The number of hydrogen-bond acceptors (Lipinski definition) is 6. The van der Waals surface area contributed by atoms with Crippen LogP contribution in [0.1, 0.15) is 13.3 Å². The van der Waals surface area contributed by atoms with Crippen LogP contribution >= 0.6 is 23.2 Å². The number of halogens is 3. The van der Waals surface area contributed by atoms with E-state index in [0.717, 1.165) is 12.1 Å². The van der Waals surface area contributed by atoms with Gasteiger partial charge in [-0.25, -0.2) is 15.0 Å². The molecule has 0 unspecified atom stereocenters. The highest BCUT2D eigenvalue weighted by Crippen LogP contribution is 2.19. The molecule has 0 amide bonds. The minimum atomic E-state index is 0.0847. The number of ether oxygens (including phenoxy) is 1. The van der Waals surface area contributed by atoms with Gasteiger partial charge < -0.3 is 10.1 Å². The number of hydrogen-bond donors (Lipinski definition) is 2. The average molecular weight is 348 g/mol. The fourth-order valence-corrected chi connectivity index (χ4v) is 1.68. The predicted octanol–water partition coefficient (Wildman–Crippen LogP) is 3.80. The van der Waals surface area contributed by atoms with Crippen LogP contribution in [0.15, 0.2) is 24.4 Å². The van der Waals surface area contributed by atoms with Gasteiger partial charge in [-0.1, -0.05) is 18.5 Å². The van der Waals surface area contributed by atoms with Crippen molar-refractivity contribution in [2.75, 3.05) is 19.0 Å². The molecule has 0 bridgehead atoms. The summed E-state index contributed by atoms with van der Waals surface area (Å²) in [7, 11) is 1.55. The van der Waals surface area contributed by atoms with E-state index in [1.165, 1.54) is 5.54 Å². The first-order valence-corrected chi connectivity index (χ1v) is 7.15. The molecule has 22 heavy (non-hydrogen) atoms. The summed E-state index contributed by atoms with van der Waals surface area (Å²) in [5.41, 5.74) is 2.26. The van der Waals surface area contributed by atoms with Gasteiger partial charge in [-0.05, 0) is 24.1 Å². The Labute approximate surface area is 138 Å². The molecule has 9 heteroatoms. The highest BCUT2D eigenvalue weighted by molar-refractivity contribution is 6.32. The van der Waals surface area contributed by atoms with E-state index >= 15 is 0 Å². The number of nitrogens with one attached hydrogen (secondary N) is 2. The molecule has 0 spiro atoms. The molecule has 0 aliphatic heterocycles. The summed E-state index contributed by atoms with van der Waals surface area (Å²) in [4.78, 5) is 11.8. The standard InChI is InChI=1S/C10H8Cl2N4O.C3H8FN/c1-17-9-3-2-6(5-13-9)14-8-4-7(11)15-10(12)16-8;1-2-3-5-4/h2-5H,1H3,(H,14,15,16);5H,2-3H2,1H3. The lowest BCUT2D eigenvalue weighted by molar-refractivity contribution is 0.335. The topological polar surface area (TPSA) is 72.0 Å². The highest BCUT2D eigenvalue weighted by Gasteiger charge is 2.02. The first-order valence-electron chi connectivity index (χ1n) is 6.39. The molecule has 2 heterocycles. The Morgan fingerprint density at radius 1 is 1.27 bits per heavy atom. The van der Waals surface area contributed by atoms with Gasteiger partial charge in [-0.3, -0.25) is 0 Å². The van der Waals surface area contributed by atoms with Crippen LogP contribution in [0.3, 0.4) is 0 Å². The van der Waals surface area contributed by atoms with Crippen molar-refractivity contribution < 1.29 is 9.22 Å². The second kappa shape index (κ2) is 10.1. The molecule has 0 aromatic carbocycles. The third-order valence-electron chi connectivity index (χ3n) is 2.23. The monoisotopic (exact) mass is 347 g/mol. The summed E-state index contributed by atoms with van der Waals surface area (Å²) in [5, 5.41) is 3.36. The molecule has 6 nitrogen and oxygen atoms in total. The zero-order chi connectivity index (χ0) is 16.4. The second-order valence-corrected chi connectivity index (χ2v) is 4.67. The normalized spacial score (nSPS) is 9.68. The van der Waals surface area contributed by atoms with E-state index in [1.54, 1.807) is 31.5 Å². The van der Waals surface area contributed by atoms with Gasteiger partial charge in [-0.2, -0.15) is 5.54 Å². The van der Waals surface area contributed by atoms with Crippen molar-refractivity contribution in [2.24, 2.45) is 0 Å². The SMILES string of the molecule is CCCNF.COc1ccc(Nc2cc(Cl)nc(Cl)n2)cn1. The van der Waals surface area contributed by atoms with Crippen LogP contribution < -0.4 is 15.6 Å². The summed E-state index contributed by atoms with van der Waals surface area (Å²) in [5.74, 6) is 1.04. The van der Waals surface area contributed by atoms with Gasteiger partial charge in [0.15, 0.2) is 0 Å². The maximum Gasteiger partial charge on any atom is 0.225 e. The number of methoxy groups -OCH3 is 1. The number of pyridine rings is 1. The summed E-state index contributed by atoms with van der Waals surface area (Å²) < 4.78 is 15.7. The quantitative estimate of drug-likeness (QED) is 0.487. The molecular weight excluding hydrogens is 332 g/mol. The van der Waals surface area contributed by atoms with Gasteiger partial charge in [0.05, 0.1) is 19.0 Å². The molecule has 2 aromatic rings. The lowest BCUT2D eigenvalue weighted by atomic mass is 10.4. The molecule has 0 aliphatic carbocycles. The lowest BCUT2D eigenvalue weighted by Crippen LogP contribution is -1.98. The fraction of sp³-hybridized carbons (Fsp3) is 0.308. The van der Waals surface area contributed by atoms with Gasteiger partial charge in [0.25, 0.3) is 0 Å². The smallest absolute Gasteiger partial charge is 0.225 e. The number of rotatable bonds is 5. The van der Waals surface area contributed by atoms with Crippen molar-refractivity contribution in [3.63, 3.8) is 0 Å². The van der Waals surface area contributed by atoms with Crippen LogP contribution in [0.4, 0.5) is 16.0 Å². The molecule has 0 aliphatic rings. The van der Waals surface area contributed by atoms with E-state index in [4.69, 9.17) is 27.9 Å². The van der Waals surface area contributed by atoms with Gasteiger partial charge in [0, 0.05) is 18.7 Å². The van der Waals surface area contributed by atoms with E-state index in [-0.39, 0.29) is 10.4 Å². The van der Waals surface area contributed by atoms with Crippen molar-refractivity contribution in [2.45, 2.75) is 13.3 Å². The Kier molecular flexibility index (Phi) is 8.42. The van der Waals surface area contributed by atoms with E-state index in [9.17, 15) is 4.48 Å². The average Bonchev–Trinajstić information content (AvgIpc) is 2.48. The fourth-order valence-electron chi connectivity index (χ4n) is 1.27. The Hall–Kier alpha value is -1.70. The van der Waals surface area contributed by atoms with E-state index < -0.39 is 0 Å². The number of nitrogens with zero attached hydrogens (tertiary/aromatic N) is 3. The Bertz CT molecular complexity index is 549. The Morgan fingerprint density at radius 2 is 2.05 bits per heavy atom. The van der Waals surface area contributed by atoms with Crippen LogP contribution in [-0.4, -0.2) is 28.6 Å². The maximum atomic E-state index is 10.7. The van der Waals surface area contributed by atoms with Crippen LogP contribution in [0.5, 0.6) is 5.88 Å². The highest BCUT2D eigenvalue weighted by atomic mass is 35.5. The number of anilines is 2. The lowest BCUT2D eigenvalue weighted by Gasteiger charge is -2.06. The van der Waals surface area contributed by atoms with E-state index in [2.05, 4.69) is 20.3 Å². The van der Waals surface area contributed by atoms with Gasteiger partial charge in [0.1, 0.15) is 11.0 Å². The van der Waals surface area contributed by atoms with Gasteiger partial charge in [-0.15, -0.1) is 4.48 Å². The minimum Gasteiger partial charge on any atom is -0.481 e. The summed E-state index contributed by atoms with van der Waals surface area (Å²) in [6.45, 7) is 2.38. The van der Waals surface area contributed by atoms with Crippen LogP contribution in [0.2, 0.25) is 10.4 Å². The van der Waals surface area contributed by atoms with Crippen molar-refractivity contribution in [1.29, 1.82) is 0 Å². The molecule has 0 saturated carbocycles. The summed E-state index contributed by atoms with van der Waals surface area (Å²) >= 11 is 11.4. The van der Waals surface area contributed by atoms with Crippen molar-refractivity contribution >= 4 is 34.7 Å². The van der Waals surface area contributed by atoms with Crippen LogP contribution in [-0.2, 0) is 0 Å². The van der Waals surface area contributed by atoms with Gasteiger partial charge in [0.2, 0.25) is 11.2 Å². The molecule has 0 radical (unpaired) electrons. The van der Waals surface area contributed by atoms with E-state index in [0.29, 0.717) is 18.2 Å². The first-order chi connectivity index (χ1) is 10.6. The zero-order valence-corrected chi connectivity index (χ0v) is 13.6. The second-order valence-electron chi connectivity index (χ2n) is 3.94. The molecule has 2 rings (SSSR count). The molecule has 0 atom stereocenters. The minimum absolute atomic E-state index is 0.0847. The zero-order valence-electron chi connectivity index (χ0n) is 12.1. The largest absolute Gasteiger partial charge is 0.481 e. The molecule has 0 saturated heterocycles.